The van der Waals surface area contributed by atoms with Crippen LogP contribution in [0.5, 0.6) is 0 Å². The Labute approximate surface area is 138 Å². The maximum Gasteiger partial charge on any atom is 0.303 e. The van der Waals surface area contributed by atoms with E-state index in [1.165, 1.54) is 10.9 Å². The van der Waals surface area contributed by atoms with E-state index in [1.807, 2.05) is 23.6 Å². The van der Waals surface area contributed by atoms with Gasteiger partial charge in [-0.1, -0.05) is 18.2 Å². The number of aliphatic carboxylic acids is 1. The molecule has 7 heteroatoms. The van der Waals surface area contributed by atoms with E-state index in [0.717, 1.165) is 24.8 Å². The van der Waals surface area contributed by atoms with Crippen molar-refractivity contribution < 1.29 is 24.6 Å². The van der Waals surface area contributed by atoms with Crippen LogP contribution in [0.3, 0.4) is 0 Å². The molecule has 2 amide bonds. The van der Waals surface area contributed by atoms with Crippen LogP contribution in [0.1, 0.15) is 31.2 Å². The average molecular weight is 332 g/mol. The number of unbranched alkanes of at least 4 members (excludes halogenated alkanes) is 1. The zero-order valence-electron chi connectivity index (χ0n) is 13.1. The fourth-order valence-electron chi connectivity index (χ4n) is 2.47. The number of para-hydroxylation sites is 1. The van der Waals surface area contributed by atoms with E-state index in [4.69, 9.17) is 10.2 Å². The molecule has 0 saturated carbocycles. The number of aryl methyl sites for hydroxylation is 1. The van der Waals surface area contributed by atoms with Crippen molar-refractivity contribution in [1.82, 2.24) is 10.3 Å². The lowest BCUT2D eigenvalue weighted by atomic mass is 10.1. The third kappa shape index (κ3) is 4.92. The van der Waals surface area contributed by atoms with E-state index in [-0.39, 0.29) is 12.8 Å². The Balaban J connectivity index is 0.000000219. The topological polar surface area (TPSA) is 119 Å². The van der Waals surface area contributed by atoms with E-state index in [2.05, 4.69) is 17.1 Å². The lowest BCUT2D eigenvalue weighted by molar-refractivity contribution is -0.137. The van der Waals surface area contributed by atoms with Crippen LogP contribution >= 0.6 is 0 Å². The Bertz CT molecular complexity index is 737. The van der Waals surface area contributed by atoms with Gasteiger partial charge in [-0.2, -0.15) is 0 Å². The number of imide groups is 1. The van der Waals surface area contributed by atoms with Crippen LogP contribution in [0.15, 0.2) is 30.5 Å². The first-order valence-corrected chi connectivity index (χ1v) is 7.76. The van der Waals surface area contributed by atoms with Crippen molar-refractivity contribution in [2.24, 2.45) is 0 Å². The summed E-state index contributed by atoms with van der Waals surface area (Å²) < 4.78 is 0. The summed E-state index contributed by atoms with van der Waals surface area (Å²) in [5.74, 6) is -1.70. The molecule has 1 fully saturated rings. The van der Waals surface area contributed by atoms with Crippen molar-refractivity contribution in [3.05, 3.63) is 36.0 Å². The molecule has 7 nitrogen and oxygen atoms in total. The molecule has 24 heavy (non-hydrogen) atoms. The molecule has 0 radical (unpaired) electrons. The second-order valence-corrected chi connectivity index (χ2v) is 5.59. The molecule has 1 atom stereocenters. The van der Waals surface area contributed by atoms with E-state index in [9.17, 15) is 14.4 Å². The number of H-pyrrole nitrogens is 1. The van der Waals surface area contributed by atoms with E-state index in [1.54, 1.807) is 0 Å². The molecule has 2 aromatic rings. The molecule has 2 heterocycles. The number of aromatic amines is 1. The lowest BCUT2D eigenvalue weighted by Crippen LogP contribution is -2.24. The van der Waals surface area contributed by atoms with Gasteiger partial charge in [0.25, 0.3) is 5.91 Å². The van der Waals surface area contributed by atoms with Crippen LogP contribution in [-0.2, 0) is 20.8 Å². The standard InChI is InChI=1S/C13H15NO2.C4H5NO3/c15-13(16)8-4-1-5-10-9-14-12-7-3-2-6-11(10)12;6-2-1-3(7)5-4(2)8/h2-3,6-7,9,14H,1,4-5,8H2,(H,15,16);2,6H,1H2,(H,5,7,8). The fourth-order valence-corrected chi connectivity index (χ4v) is 2.47. The lowest BCUT2D eigenvalue weighted by Gasteiger charge is -1.98. The first-order chi connectivity index (χ1) is 11.5. The number of fused-ring (bicyclic) bond motifs is 1. The molecule has 0 bridgehead atoms. The summed E-state index contributed by atoms with van der Waals surface area (Å²) in [5, 5.41) is 20.3. The minimum Gasteiger partial charge on any atom is -0.481 e. The Kier molecular flexibility index (Phi) is 6.08. The van der Waals surface area contributed by atoms with Crippen LogP contribution in [-0.4, -0.2) is 39.1 Å². The van der Waals surface area contributed by atoms with Gasteiger partial charge in [0.2, 0.25) is 5.91 Å². The van der Waals surface area contributed by atoms with E-state index < -0.39 is 23.9 Å². The van der Waals surface area contributed by atoms with Crippen molar-refractivity contribution in [3.63, 3.8) is 0 Å². The number of carboxylic acid groups (broad SMARTS) is 1. The Morgan fingerprint density at radius 1 is 1.21 bits per heavy atom. The molecule has 1 aliphatic rings. The first kappa shape index (κ1) is 17.7. The number of amides is 2. The summed E-state index contributed by atoms with van der Waals surface area (Å²) >= 11 is 0. The molecule has 1 saturated heterocycles. The van der Waals surface area contributed by atoms with Gasteiger partial charge >= 0.3 is 5.97 Å². The van der Waals surface area contributed by atoms with Gasteiger partial charge in [-0.15, -0.1) is 0 Å². The van der Waals surface area contributed by atoms with Gasteiger partial charge in [-0.05, 0) is 30.9 Å². The molecule has 128 valence electrons. The van der Waals surface area contributed by atoms with Gasteiger partial charge in [-0.25, -0.2) is 0 Å². The Morgan fingerprint density at radius 2 is 1.96 bits per heavy atom. The molecule has 0 spiro atoms. The number of hydrogen-bond donors (Lipinski definition) is 4. The predicted molar refractivity (Wildman–Crippen MR) is 87.3 cm³/mol. The number of aromatic nitrogens is 1. The fraction of sp³-hybridized carbons (Fsp3) is 0.353. The van der Waals surface area contributed by atoms with Crippen molar-refractivity contribution >= 4 is 28.7 Å². The normalized spacial score (nSPS) is 16.6. The highest BCUT2D eigenvalue weighted by atomic mass is 16.4. The summed E-state index contributed by atoms with van der Waals surface area (Å²) in [5.41, 5.74) is 2.43. The third-order valence-electron chi connectivity index (χ3n) is 3.71. The molecule has 1 aromatic heterocycles. The second-order valence-electron chi connectivity index (χ2n) is 5.59. The van der Waals surface area contributed by atoms with E-state index in [0.29, 0.717) is 0 Å². The molecular formula is C17H20N2O5. The second kappa shape index (κ2) is 8.26. The Morgan fingerprint density at radius 3 is 2.54 bits per heavy atom. The summed E-state index contributed by atoms with van der Waals surface area (Å²) in [6.07, 6.45) is 3.70. The summed E-state index contributed by atoms with van der Waals surface area (Å²) in [6.45, 7) is 0. The highest BCUT2D eigenvalue weighted by Gasteiger charge is 2.27. The maximum atomic E-state index is 10.4. The molecular weight excluding hydrogens is 312 g/mol. The monoisotopic (exact) mass is 332 g/mol. The zero-order valence-corrected chi connectivity index (χ0v) is 13.1. The average Bonchev–Trinajstić information content (AvgIpc) is 3.07. The van der Waals surface area contributed by atoms with Gasteiger partial charge < -0.3 is 15.2 Å². The zero-order chi connectivity index (χ0) is 17.5. The van der Waals surface area contributed by atoms with E-state index >= 15 is 0 Å². The highest BCUT2D eigenvalue weighted by molar-refractivity contribution is 6.04. The summed E-state index contributed by atoms with van der Waals surface area (Å²) in [4.78, 5) is 34.0. The van der Waals surface area contributed by atoms with Crippen molar-refractivity contribution in [1.29, 1.82) is 0 Å². The predicted octanol–water partition coefficient (Wildman–Crippen LogP) is 1.36. The quantitative estimate of drug-likeness (QED) is 0.487. The number of hydrogen-bond acceptors (Lipinski definition) is 4. The SMILES string of the molecule is O=C(O)CCCCc1c[nH]c2ccccc12.O=C1CC(O)C(=O)N1. The van der Waals surface area contributed by atoms with Gasteiger partial charge in [-0.3, -0.25) is 19.7 Å². The van der Waals surface area contributed by atoms with Crippen LogP contribution in [0.25, 0.3) is 10.9 Å². The smallest absolute Gasteiger partial charge is 0.303 e. The van der Waals surface area contributed by atoms with Crippen LogP contribution in [0.2, 0.25) is 0 Å². The maximum absolute atomic E-state index is 10.4. The number of carboxylic acids is 1. The summed E-state index contributed by atoms with van der Waals surface area (Å²) in [6, 6.07) is 8.18. The molecule has 1 aliphatic heterocycles. The van der Waals surface area contributed by atoms with Crippen molar-refractivity contribution in [2.45, 2.75) is 38.2 Å². The highest BCUT2D eigenvalue weighted by Crippen LogP contribution is 2.19. The molecule has 1 unspecified atom stereocenters. The number of aliphatic hydroxyl groups is 1. The molecule has 0 aliphatic carbocycles. The number of rotatable bonds is 5. The van der Waals surface area contributed by atoms with Gasteiger partial charge in [0.05, 0.1) is 6.42 Å². The number of carbonyl (C=O) groups is 3. The molecule has 3 rings (SSSR count). The van der Waals surface area contributed by atoms with Crippen molar-refractivity contribution in [2.75, 3.05) is 0 Å². The van der Waals surface area contributed by atoms with Gasteiger partial charge in [0, 0.05) is 23.5 Å². The van der Waals surface area contributed by atoms with Gasteiger partial charge in [0.15, 0.2) is 0 Å². The number of nitrogens with one attached hydrogen (secondary N) is 2. The number of carbonyl (C=O) groups excluding carboxylic acids is 2. The first-order valence-electron chi connectivity index (χ1n) is 7.76. The minimum atomic E-state index is -1.11. The molecule has 4 N–H and O–H groups in total. The molecule has 1 aromatic carbocycles. The Hall–Kier alpha value is -2.67. The van der Waals surface area contributed by atoms with Crippen LogP contribution < -0.4 is 5.32 Å². The van der Waals surface area contributed by atoms with Crippen LogP contribution in [0.4, 0.5) is 0 Å². The van der Waals surface area contributed by atoms with Crippen molar-refractivity contribution in [3.8, 4) is 0 Å². The number of aliphatic hydroxyl groups excluding tert-OH is 1. The number of benzene rings is 1. The van der Waals surface area contributed by atoms with Gasteiger partial charge in [0.1, 0.15) is 6.10 Å². The van der Waals surface area contributed by atoms with Crippen LogP contribution in [0, 0.1) is 0 Å². The third-order valence-corrected chi connectivity index (χ3v) is 3.71. The largest absolute Gasteiger partial charge is 0.481 e. The minimum absolute atomic E-state index is 0.0845. The summed E-state index contributed by atoms with van der Waals surface area (Å²) in [7, 11) is 0.